The molecule has 0 spiro atoms. The number of carbonyl (C=O) groups is 1. The van der Waals surface area contributed by atoms with E-state index < -0.39 is 0 Å². The van der Waals surface area contributed by atoms with E-state index in [1.807, 2.05) is 40.9 Å². The van der Waals surface area contributed by atoms with E-state index in [-0.39, 0.29) is 10.7 Å². The fourth-order valence-electron chi connectivity index (χ4n) is 2.51. The Hall–Kier alpha value is -1.60. The number of benzene rings is 1. The highest BCUT2D eigenvalue weighted by molar-refractivity contribution is 8.00. The first-order chi connectivity index (χ1) is 10.7. The van der Waals surface area contributed by atoms with Crippen LogP contribution < -0.4 is 0 Å². The zero-order valence-corrected chi connectivity index (χ0v) is 13.9. The van der Waals surface area contributed by atoms with E-state index in [9.17, 15) is 4.79 Å². The molecule has 1 aromatic carbocycles. The lowest BCUT2D eigenvalue weighted by molar-refractivity contribution is 0.0756. The molecule has 3 rings (SSSR count). The van der Waals surface area contributed by atoms with E-state index >= 15 is 0 Å². The first kappa shape index (κ1) is 15.3. The average molecular weight is 335 g/mol. The van der Waals surface area contributed by atoms with Crippen LogP contribution in [-0.2, 0) is 0 Å². The third-order valence-electron chi connectivity index (χ3n) is 3.60. The highest BCUT2D eigenvalue weighted by atomic mass is 32.2. The van der Waals surface area contributed by atoms with Crippen molar-refractivity contribution >= 4 is 29.9 Å². The molecule has 2 heterocycles. The zero-order valence-electron chi connectivity index (χ0n) is 12.2. The van der Waals surface area contributed by atoms with Gasteiger partial charge in [-0.15, -0.1) is 16.9 Å². The highest BCUT2D eigenvalue weighted by Crippen LogP contribution is 2.29. The van der Waals surface area contributed by atoms with Crippen molar-refractivity contribution in [2.75, 3.05) is 12.3 Å². The van der Waals surface area contributed by atoms with Gasteiger partial charge in [0, 0.05) is 23.4 Å². The zero-order chi connectivity index (χ0) is 15.5. The van der Waals surface area contributed by atoms with Crippen molar-refractivity contribution in [1.82, 2.24) is 15.1 Å². The van der Waals surface area contributed by atoms with Crippen molar-refractivity contribution in [3.8, 4) is 11.5 Å². The Balaban J connectivity index is 1.77. The summed E-state index contributed by atoms with van der Waals surface area (Å²) in [6, 6.07) is 7.30. The standard InChI is InChI=1S/C15H17N3O2S2/c1-2-3-12-18(8-9-22-12)14(19)11-6-4-10(5-7-11)13-16-17-15(21)20-13/h4-7,12H,2-3,8-9H2,1H3,(H,17,21)/t12-/m0/s1. The predicted octanol–water partition coefficient (Wildman–Crippen LogP) is 3.71. The molecule has 2 aromatic rings. The summed E-state index contributed by atoms with van der Waals surface area (Å²) in [7, 11) is 0. The number of aromatic amines is 1. The molecule has 0 bridgehead atoms. The molecule has 0 unspecified atom stereocenters. The van der Waals surface area contributed by atoms with E-state index in [0.717, 1.165) is 30.7 Å². The van der Waals surface area contributed by atoms with Crippen LogP contribution in [-0.4, -0.2) is 38.7 Å². The first-order valence-electron chi connectivity index (χ1n) is 7.27. The van der Waals surface area contributed by atoms with E-state index in [2.05, 4.69) is 17.1 Å². The number of amides is 1. The van der Waals surface area contributed by atoms with Gasteiger partial charge in [0.05, 0.1) is 5.37 Å². The van der Waals surface area contributed by atoms with Gasteiger partial charge < -0.3 is 9.32 Å². The molecule has 1 atom stereocenters. The molecular formula is C15H17N3O2S2. The van der Waals surface area contributed by atoms with Gasteiger partial charge in [-0.1, -0.05) is 13.3 Å². The molecule has 0 aliphatic carbocycles. The molecule has 1 amide bonds. The molecule has 0 saturated carbocycles. The summed E-state index contributed by atoms with van der Waals surface area (Å²) in [4.78, 5) is 14.9. The monoisotopic (exact) mass is 335 g/mol. The van der Waals surface area contributed by atoms with Crippen molar-refractivity contribution in [1.29, 1.82) is 0 Å². The van der Waals surface area contributed by atoms with Crippen molar-refractivity contribution in [3.63, 3.8) is 0 Å². The number of nitrogens with one attached hydrogen (secondary N) is 1. The molecule has 7 heteroatoms. The van der Waals surface area contributed by atoms with Crippen LogP contribution in [0.25, 0.3) is 11.5 Å². The number of rotatable bonds is 4. The number of carbonyl (C=O) groups excluding carboxylic acids is 1. The summed E-state index contributed by atoms with van der Waals surface area (Å²) >= 11 is 6.73. The SMILES string of the molecule is CCC[C@@H]1SCCN1C(=O)c1ccc(-c2n[nH]c(=S)o2)cc1. The Morgan fingerprint density at radius 2 is 2.27 bits per heavy atom. The molecule has 1 fully saturated rings. The number of hydrogen-bond donors (Lipinski definition) is 1. The lowest BCUT2D eigenvalue weighted by Crippen LogP contribution is -2.34. The van der Waals surface area contributed by atoms with Crippen molar-refractivity contribution in [2.45, 2.75) is 25.1 Å². The van der Waals surface area contributed by atoms with Gasteiger partial charge in [0.2, 0.25) is 5.89 Å². The fourth-order valence-corrected chi connectivity index (χ4v) is 4.00. The maximum Gasteiger partial charge on any atom is 0.284 e. The fraction of sp³-hybridized carbons (Fsp3) is 0.400. The van der Waals surface area contributed by atoms with Gasteiger partial charge in [0.15, 0.2) is 0 Å². The van der Waals surface area contributed by atoms with E-state index in [0.29, 0.717) is 16.8 Å². The van der Waals surface area contributed by atoms with Gasteiger partial charge in [-0.2, -0.15) is 0 Å². The van der Waals surface area contributed by atoms with Gasteiger partial charge >= 0.3 is 0 Å². The topological polar surface area (TPSA) is 62.1 Å². The minimum absolute atomic E-state index is 0.0953. The summed E-state index contributed by atoms with van der Waals surface area (Å²) in [5, 5.41) is 6.88. The van der Waals surface area contributed by atoms with Crippen LogP contribution in [0.2, 0.25) is 0 Å². The van der Waals surface area contributed by atoms with Gasteiger partial charge in [-0.05, 0) is 42.9 Å². The lowest BCUT2D eigenvalue weighted by atomic mass is 10.1. The van der Waals surface area contributed by atoms with Gasteiger partial charge in [-0.25, -0.2) is 5.10 Å². The van der Waals surface area contributed by atoms with Gasteiger partial charge in [-0.3, -0.25) is 4.79 Å². The first-order valence-corrected chi connectivity index (χ1v) is 8.73. The number of nitrogens with zero attached hydrogens (tertiary/aromatic N) is 2. The number of H-pyrrole nitrogens is 1. The summed E-state index contributed by atoms with van der Waals surface area (Å²) in [6.07, 6.45) is 2.13. The molecule has 1 aliphatic rings. The summed E-state index contributed by atoms with van der Waals surface area (Å²) in [5.74, 6) is 1.55. The Morgan fingerprint density at radius 3 is 2.91 bits per heavy atom. The quantitative estimate of drug-likeness (QED) is 0.863. The van der Waals surface area contributed by atoms with E-state index in [4.69, 9.17) is 16.6 Å². The molecule has 1 aromatic heterocycles. The second-order valence-electron chi connectivity index (χ2n) is 5.11. The molecular weight excluding hydrogens is 318 g/mol. The Labute approximate surface area is 138 Å². The van der Waals surface area contributed by atoms with Gasteiger partial charge in [0.25, 0.3) is 10.7 Å². The molecule has 1 N–H and O–H groups in total. The maximum absolute atomic E-state index is 12.6. The van der Waals surface area contributed by atoms with E-state index in [1.54, 1.807) is 0 Å². The summed E-state index contributed by atoms with van der Waals surface area (Å²) in [5.41, 5.74) is 1.49. The van der Waals surface area contributed by atoms with Crippen LogP contribution in [0.5, 0.6) is 0 Å². The summed E-state index contributed by atoms with van der Waals surface area (Å²) in [6.45, 7) is 2.97. The van der Waals surface area contributed by atoms with Crippen molar-refractivity contribution < 1.29 is 9.21 Å². The lowest BCUT2D eigenvalue weighted by Gasteiger charge is -2.23. The maximum atomic E-state index is 12.6. The average Bonchev–Trinajstić information content (AvgIpc) is 3.16. The second-order valence-corrected chi connectivity index (χ2v) is 6.76. The van der Waals surface area contributed by atoms with Crippen LogP contribution >= 0.6 is 24.0 Å². The minimum Gasteiger partial charge on any atom is -0.409 e. The molecule has 5 nitrogen and oxygen atoms in total. The second kappa shape index (κ2) is 6.66. The Bertz CT molecular complexity index is 708. The summed E-state index contributed by atoms with van der Waals surface area (Å²) < 4.78 is 5.27. The van der Waals surface area contributed by atoms with E-state index in [1.165, 1.54) is 0 Å². The largest absolute Gasteiger partial charge is 0.409 e. The van der Waals surface area contributed by atoms with Crippen molar-refractivity contribution in [2.24, 2.45) is 0 Å². The van der Waals surface area contributed by atoms with Crippen LogP contribution in [0.15, 0.2) is 28.7 Å². The molecule has 22 heavy (non-hydrogen) atoms. The molecule has 116 valence electrons. The van der Waals surface area contributed by atoms with Crippen LogP contribution in [0.3, 0.4) is 0 Å². The number of thioether (sulfide) groups is 1. The van der Waals surface area contributed by atoms with Gasteiger partial charge in [0.1, 0.15) is 0 Å². The number of hydrogen-bond acceptors (Lipinski definition) is 5. The smallest absolute Gasteiger partial charge is 0.284 e. The Morgan fingerprint density at radius 1 is 1.50 bits per heavy atom. The third-order valence-corrected chi connectivity index (χ3v) is 5.07. The van der Waals surface area contributed by atoms with Crippen LogP contribution in [0, 0.1) is 4.84 Å². The Kier molecular flexibility index (Phi) is 4.63. The minimum atomic E-state index is 0.0953. The predicted molar refractivity (Wildman–Crippen MR) is 89.3 cm³/mol. The van der Waals surface area contributed by atoms with Crippen molar-refractivity contribution in [3.05, 3.63) is 34.7 Å². The van der Waals surface area contributed by atoms with Crippen LogP contribution in [0.1, 0.15) is 30.1 Å². The van der Waals surface area contributed by atoms with Crippen LogP contribution in [0.4, 0.5) is 0 Å². The molecule has 0 radical (unpaired) electrons. The molecule has 1 saturated heterocycles. The normalized spacial score (nSPS) is 17.9. The highest BCUT2D eigenvalue weighted by Gasteiger charge is 2.29. The molecule has 1 aliphatic heterocycles. The number of aromatic nitrogens is 2. The third kappa shape index (κ3) is 3.10.